The van der Waals surface area contributed by atoms with Crippen molar-refractivity contribution in [1.29, 1.82) is 0 Å². The topological polar surface area (TPSA) is 130 Å². The zero-order valence-corrected chi connectivity index (χ0v) is 11.9. The van der Waals surface area contributed by atoms with Crippen LogP contribution in [0.3, 0.4) is 0 Å². The lowest BCUT2D eigenvalue weighted by Gasteiger charge is -2.06. The van der Waals surface area contributed by atoms with Gasteiger partial charge < -0.3 is 5.73 Å². The van der Waals surface area contributed by atoms with E-state index in [1.54, 1.807) is 10.7 Å². The minimum atomic E-state index is -3.79. The highest BCUT2D eigenvalue weighted by molar-refractivity contribution is 7.99. The number of nitrogen functional groups attached to an aromatic ring is 1. The number of benzene rings is 1. The van der Waals surface area contributed by atoms with E-state index in [4.69, 9.17) is 10.9 Å². The number of hydrogen-bond acceptors (Lipinski definition) is 7. The molecule has 1 aliphatic carbocycles. The minimum absolute atomic E-state index is 0.0227. The Kier molecular flexibility index (Phi) is 3.15. The van der Waals surface area contributed by atoms with Crippen LogP contribution in [0.4, 0.5) is 5.69 Å². The maximum atomic E-state index is 11.4. The lowest BCUT2D eigenvalue weighted by atomic mass is 10.3. The molecule has 8 nitrogen and oxygen atoms in total. The Balaban J connectivity index is 1.94. The van der Waals surface area contributed by atoms with Crippen molar-refractivity contribution in [3.8, 4) is 0 Å². The summed E-state index contributed by atoms with van der Waals surface area (Å²) in [6, 6.07) is 4.78. The van der Waals surface area contributed by atoms with Crippen LogP contribution in [-0.2, 0) is 10.0 Å². The lowest BCUT2D eigenvalue weighted by Crippen LogP contribution is -2.12. The molecule has 20 heavy (non-hydrogen) atoms. The first-order valence-corrected chi connectivity index (χ1v) is 8.19. The molecular weight excluding hydrogens is 300 g/mol. The highest BCUT2D eigenvalue weighted by Crippen LogP contribution is 2.38. The van der Waals surface area contributed by atoms with Gasteiger partial charge in [-0.1, -0.05) is 0 Å². The molecule has 0 radical (unpaired) electrons. The van der Waals surface area contributed by atoms with Gasteiger partial charge in [0, 0.05) is 10.6 Å². The SMILES string of the molecule is Nc1cc(Sc2nnnn2C2CC2)cc(S(N)(=O)=O)c1. The van der Waals surface area contributed by atoms with Crippen LogP contribution in [0.5, 0.6) is 0 Å². The normalized spacial score (nSPS) is 15.4. The lowest BCUT2D eigenvalue weighted by molar-refractivity contribution is 0.565. The monoisotopic (exact) mass is 312 g/mol. The van der Waals surface area contributed by atoms with Crippen LogP contribution < -0.4 is 10.9 Å². The average molecular weight is 312 g/mol. The summed E-state index contributed by atoms with van der Waals surface area (Å²) in [4.78, 5) is 0.608. The van der Waals surface area contributed by atoms with Crippen LogP contribution in [0, 0.1) is 0 Å². The van der Waals surface area contributed by atoms with Gasteiger partial charge in [0.2, 0.25) is 15.2 Å². The molecule has 0 atom stereocenters. The number of primary sulfonamides is 1. The molecule has 0 saturated heterocycles. The van der Waals surface area contributed by atoms with E-state index in [-0.39, 0.29) is 4.90 Å². The van der Waals surface area contributed by atoms with Crippen molar-refractivity contribution >= 4 is 27.5 Å². The van der Waals surface area contributed by atoms with Gasteiger partial charge in [0.25, 0.3) is 0 Å². The van der Waals surface area contributed by atoms with Gasteiger partial charge in [-0.3, -0.25) is 0 Å². The van der Waals surface area contributed by atoms with Gasteiger partial charge in [0.15, 0.2) is 0 Å². The number of nitrogens with two attached hydrogens (primary N) is 2. The fourth-order valence-corrected chi connectivity index (χ4v) is 3.34. The van der Waals surface area contributed by atoms with Crippen LogP contribution in [0.15, 0.2) is 33.1 Å². The van der Waals surface area contributed by atoms with E-state index in [2.05, 4.69) is 15.5 Å². The summed E-state index contributed by atoms with van der Waals surface area (Å²) >= 11 is 1.26. The van der Waals surface area contributed by atoms with Crippen molar-refractivity contribution in [1.82, 2.24) is 20.2 Å². The molecule has 1 fully saturated rings. The summed E-state index contributed by atoms with van der Waals surface area (Å²) in [5.41, 5.74) is 6.03. The number of anilines is 1. The van der Waals surface area contributed by atoms with Gasteiger partial charge in [-0.05, 0) is 53.2 Å². The van der Waals surface area contributed by atoms with Gasteiger partial charge in [0.05, 0.1) is 10.9 Å². The number of rotatable bonds is 4. The Labute approximate surface area is 119 Å². The molecule has 0 unspecified atom stereocenters. The maximum absolute atomic E-state index is 11.4. The van der Waals surface area contributed by atoms with Gasteiger partial charge >= 0.3 is 0 Å². The molecule has 1 aromatic carbocycles. The number of hydrogen-bond donors (Lipinski definition) is 2. The largest absolute Gasteiger partial charge is 0.399 e. The van der Waals surface area contributed by atoms with Crippen molar-refractivity contribution in [2.24, 2.45) is 5.14 Å². The molecule has 1 heterocycles. The Morgan fingerprint density at radius 3 is 2.70 bits per heavy atom. The zero-order chi connectivity index (χ0) is 14.3. The van der Waals surface area contributed by atoms with Crippen LogP contribution >= 0.6 is 11.8 Å². The molecule has 3 rings (SSSR count). The third kappa shape index (κ3) is 2.76. The molecule has 0 bridgehead atoms. The Hall–Kier alpha value is -1.65. The van der Waals surface area contributed by atoms with E-state index < -0.39 is 10.0 Å². The molecule has 2 aromatic rings. The molecule has 10 heteroatoms. The summed E-state index contributed by atoms with van der Waals surface area (Å²) in [5, 5.41) is 17.2. The molecule has 0 aliphatic heterocycles. The van der Waals surface area contributed by atoms with Gasteiger partial charge in [0.1, 0.15) is 0 Å². The third-order valence-corrected chi connectivity index (χ3v) is 4.61. The summed E-state index contributed by atoms with van der Waals surface area (Å²) in [6.07, 6.45) is 2.11. The fourth-order valence-electron chi connectivity index (χ4n) is 1.72. The Bertz CT molecular complexity index is 753. The summed E-state index contributed by atoms with van der Waals surface area (Å²) in [5.74, 6) is 0. The second kappa shape index (κ2) is 4.72. The highest BCUT2D eigenvalue weighted by atomic mass is 32.2. The number of tetrazole rings is 1. The summed E-state index contributed by atoms with van der Waals surface area (Å²) in [6.45, 7) is 0. The van der Waals surface area contributed by atoms with Crippen LogP contribution in [0.2, 0.25) is 0 Å². The van der Waals surface area contributed by atoms with Crippen molar-refractivity contribution in [3.05, 3.63) is 18.2 Å². The molecule has 1 aromatic heterocycles. The van der Waals surface area contributed by atoms with Crippen molar-refractivity contribution < 1.29 is 8.42 Å². The minimum Gasteiger partial charge on any atom is -0.399 e. The van der Waals surface area contributed by atoms with Crippen molar-refractivity contribution in [2.75, 3.05) is 5.73 Å². The second-order valence-electron chi connectivity index (χ2n) is 4.52. The fraction of sp³-hybridized carbons (Fsp3) is 0.300. The van der Waals surface area contributed by atoms with Gasteiger partial charge in [-0.15, -0.1) is 5.10 Å². The van der Waals surface area contributed by atoms with E-state index in [1.807, 2.05) is 0 Å². The number of aromatic nitrogens is 4. The highest BCUT2D eigenvalue weighted by Gasteiger charge is 2.28. The number of sulfonamides is 1. The van der Waals surface area contributed by atoms with E-state index in [0.29, 0.717) is 21.8 Å². The average Bonchev–Trinajstić information content (AvgIpc) is 3.09. The van der Waals surface area contributed by atoms with E-state index in [0.717, 1.165) is 12.8 Å². The molecule has 0 amide bonds. The Morgan fingerprint density at radius 1 is 1.30 bits per heavy atom. The molecule has 0 spiro atoms. The molecule has 1 saturated carbocycles. The van der Waals surface area contributed by atoms with Crippen LogP contribution in [-0.4, -0.2) is 28.6 Å². The molecule has 1 aliphatic rings. The van der Waals surface area contributed by atoms with Gasteiger partial charge in [-0.2, -0.15) is 0 Å². The first-order valence-electron chi connectivity index (χ1n) is 5.82. The van der Waals surface area contributed by atoms with E-state index >= 15 is 0 Å². The quantitative estimate of drug-likeness (QED) is 0.781. The van der Waals surface area contributed by atoms with Crippen LogP contribution in [0.1, 0.15) is 18.9 Å². The second-order valence-corrected chi connectivity index (χ2v) is 7.12. The molecule has 106 valence electrons. The zero-order valence-electron chi connectivity index (χ0n) is 10.3. The molecule has 4 N–H and O–H groups in total. The standard InChI is InChI=1S/C10H12N6O2S2/c11-6-3-8(5-9(4-6)20(12,17)18)19-10-13-14-15-16(10)7-1-2-7/h3-5,7H,1-2,11H2,(H2,12,17,18). The third-order valence-electron chi connectivity index (χ3n) is 2.80. The smallest absolute Gasteiger partial charge is 0.238 e. The van der Waals surface area contributed by atoms with E-state index in [9.17, 15) is 8.42 Å². The first-order chi connectivity index (χ1) is 9.43. The molecular formula is C10H12N6O2S2. The van der Waals surface area contributed by atoms with Crippen molar-refractivity contribution in [2.45, 2.75) is 33.8 Å². The first kappa shape index (κ1) is 13.3. The summed E-state index contributed by atoms with van der Waals surface area (Å²) in [7, 11) is -3.79. The number of nitrogens with zero attached hydrogens (tertiary/aromatic N) is 4. The van der Waals surface area contributed by atoms with Crippen LogP contribution in [0.25, 0.3) is 0 Å². The maximum Gasteiger partial charge on any atom is 0.238 e. The summed E-state index contributed by atoms with van der Waals surface area (Å²) < 4.78 is 24.5. The Morgan fingerprint density at radius 2 is 2.05 bits per heavy atom. The van der Waals surface area contributed by atoms with E-state index in [1.165, 1.54) is 23.9 Å². The predicted molar refractivity (Wildman–Crippen MR) is 72.4 cm³/mol. The van der Waals surface area contributed by atoms with Crippen molar-refractivity contribution in [3.63, 3.8) is 0 Å². The predicted octanol–water partition coefficient (Wildman–Crippen LogP) is 0.389. The van der Waals surface area contributed by atoms with Gasteiger partial charge in [-0.25, -0.2) is 18.2 Å².